The summed E-state index contributed by atoms with van der Waals surface area (Å²) in [5.74, 6) is -9.01. The Morgan fingerprint density at radius 2 is 1.16 bits per heavy atom. The first kappa shape index (κ1) is 54.8. The molecule has 14 N–H and O–H groups in total. The molecule has 3 rings (SSSR count). The largest absolute Gasteiger partial charge is 0.480 e. The summed E-state index contributed by atoms with van der Waals surface area (Å²) < 4.78 is 0. The van der Waals surface area contributed by atoms with Gasteiger partial charge in [-0.05, 0) is 50.2 Å². The lowest BCUT2D eigenvalue weighted by atomic mass is 9.96. The van der Waals surface area contributed by atoms with Crippen LogP contribution in [0.3, 0.4) is 0 Å². The topological polar surface area (TPSA) is 362 Å². The summed E-state index contributed by atoms with van der Waals surface area (Å²) in [5, 5.41) is 54.6. The maximum atomic E-state index is 14.5. The summed E-state index contributed by atoms with van der Waals surface area (Å²) in [7, 11) is 0. The predicted octanol–water partition coefficient (Wildman–Crippen LogP) is -3.15. The van der Waals surface area contributed by atoms with Crippen molar-refractivity contribution in [3.05, 3.63) is 71.8 Å². The van der Waals surface area contributed by atoms with Crippen molar-refractivity contribution in [3.63, 3.8) is 0 Å². The van der Waals surface area contributed by atoms with Gasteiger partial charge in [0.1, 0.15) is 42.3 Å². The number of nitrogens with one attached hydrogen (secondary N) is 6. The van der Waals surface area contributed by atoms with Gasteiger partial charge in [-0.1, -0.05) is 80.9 Å². The van der Waals surface area contributed by atoms with E-state index in [-0.39, 0.29) is 38.6 Å². The molecule has 0 unspecified atom stereocenters. The number of rotatable bonds is 26. The molecule has 2 aromatic carbocycles. The highest BCUT2D eigenvalue weighted by molar-refractivity contribution is 5.98. The molecule has 1 aliphatic rings. The van der Waals surface area contributed by atoms with Gasteiger partial charge in [-0.2, -0.15) is 0 Å². The lowest BCUT2D eigenvalue weighted by molar-refractivity contribution is -0.145. The average molecular weight is 940 g/mol. The molecule has 1 saturated heterocycles. The number of nitrogens with zero attached hydrogens (tertiary/aromatic N) is 1. The summed E-state index contributed by atoms with van der Waals surface area (Å²) in [5.41, 5.74) is 12.3. The standard InChI is InChI=1S/C45H65N9O13/c1-5-24(2)35(42(63)53-37(26(4)57)45(66)67)51-39(60)30(18-19-34(47)58)48-41(62)33-17-12-20-54(33)44(65)32(22-28-15-10-7-11-16-28)50-43(64)36(25(3)56)52-40(61)31(49-38(59)29(46)23-55)21-27-13-8-6-9-14-27/h6-11,13-16,24-26,29-33,35-37,55-57H,5,12,17-23,46H2,1-4H3,(H2,47,58)(H,48,62)(H,49,59)(H,50,64)(H,51,60)(H,52,61)(H,53,63)(H,66,67)/t24-,25+,26+,29-,30-,31-,32-,33-,35-,36-,37-/m0/s1. The normalized spacial score (nSPS) is 17.9. The second-order valence-corrected chi connectivity index (χ2v) is 16.7. The zero-order valence-electron chi connectivity index (χ0n) is 38.1. The van der Waals surface area contributed by atoms with Gasteiger partial charge < -0.3 is 68.7 Å². The molecule has 1 aliphatic heterocycles. The molecule has 0 bridgehead atoms. The zero-order chi connectivity index (χ0) is 50.0. The van der Waals surface area contributed by atoms with Gasteiger partial charge in [-0.15, -0.1) is 0 Å². The van der Waals surface area contributed by atoms with Crippen LogP contribution in [0.25, 0.3) is 0 Å². The van der Waals surface area contributed by atoms with Crippen molar-refractivity contribution in [2.45, 2.75) is 133 Å². The molecule has 22 nitrogen and oxygen atoms in total. The third kappa shape index (κ3) is 16.7. The van der Waals surface area contributed by atoms with Crippen LogP contribution in [-0.4, -0.2) is 152 Å². The number of carboxylic acids is 1. The first-order valence-electron chi connectivity index (χ1n) is 22.1. The van der Waals surface area contributed by atoms with E-state index in [0.29, 0.717) is 24.0 Å². The SMILES string of the molecule is CC[C@H](C)[C@H](NC(=O)[C@H](CCC(N)=O)NC(=O)[C@@H]1CCCN1C(=O)[C@H](Cc1ccccc1)NC(=O)[C@@H](NC(=O)[C@H](Cc1ccccc1)NC(=O)[C@@H](N)CO)[C@@H](C)O)C(=O)N[C@H](C(=O)O)[C@@H](C)O. The van der Waals surface area contributed by atoms with Crippen LogP contribution in [0.1, 0.15) is 70.9 Å². The van der Waals surface area contributed by atoms with E-state index in [1.807, 2.05) is 0 Å². The second-order valence-electron chi connectivity index (χ2n) is 16.7. The number of carbonyl (C=O) groups is 9. The minimum absolute atomic E-state index is 0.0356. The van der Waals surface area contributed by atoms with E-state index >= 15 is 0 Å². The van der Waals surface area contributed by atoms with Gasteiger partial charge in [-0.25, -0.2) is 4.79 Å². The Hall–Kier alpha value is -6.49. The molecule has 1 heterocycles. The first-order valence-corrected chi connectivity index (χ1v) is 22.1. The maximum absolute atomic E-state index is 14.5. The summed E-state index contributed by atoms with van der Waals surface area (Å²) in [6, 6.07) is 5.65. The van der Waals surface area contributed by atoms with Gasteiger partial charge in [0.05, 0.1) is 18.8 Å². The molecule has 22 heteroatoms. The minimum Gasteiger partial charge on any atom is -0.480 e. The second kappa shape index (κ2) is 26.6. The number of amides is 8. The van der Waals surface area contributed by atoms with Crippen LogP contribution < -0.4 is 43.4 Å². The van der Waals surface area contributed by atoms with Crippen molar-refractivity contribution in [2.24, 2.45) is 17.4 Å². The molecule has 0 saturated carbocycles. The summed E-state index contributed by atoms with van der Waals surface area (Å²) in [4.78, 5) is 121. The molecule has 0 spiro atoms. The van der Waals surface area contributed by atoms with Crippen molar-refractivity contribution in [1.82, 2.24) is 36.8 Å². The van der Waals surface area contributed by atoms with Crippen LogP contribution in [0.2, 0.25) is 0 Å². The monoisotopic (exact) mass is 939 g/mol. The zero-order valence-corrected chi connectivity index (χ0v) is 38.1. The maximum Gasteiger partial charge on any atom is 0.328 e. The Labute approximate surface area is 388 Å². The molecular formula is C45H65N9O13. The third-order valence-corrected chi connectivity index (χ3v) is 11.4. The molecule has 8 amide bonds. The molecule has 0 aliphatic carbocycles. The molecule has 368 valence electrons. The van der Waals surface area contributed by atoms with E-state index in [0.717, 1.165) is 0 Å². The van der Waals surface area contributed by atoms with E-state index in [1.165, 1.54) is 18.7 Å². The fourth-order valence-corrected chi connectivity index (χ4v) is 7.31. The van der Waals surface area contributed by atoms with E-state index in [4.69, 9.17) is 11.5 Å². The van der Waals surface area contributed by atoms with Gasteiger partial charge in [0.25, 0.3) is 0 Å². The van der Waals surface area contributed by atoms with Crippen molar-refractivity contribution >= 4 is 53.2 Å². The van der Waals surface area contributed by atoms with Crippen LogP contribution in [0.15, 0.2) is 60.7 Å². The van der Waals surface area contributed by atoms with Gasteiger partial charge in [-0.3, -0.25) is 38.4 Å². The van der Waals surface area contributed by atoms with Crippen LogP contribution in [0.4, 0.5) is 0 Å². The third-order valence-electron chi connectivity index (χ3n) is 11.4. The van der Waals surface area contributed by atoms with E-state index < -0.39 is 126 Å². The highest BCUT2D eigenvalue weighted by atomic mass is 16.4. The average Bonchev–Trinajstić information content (AvgIpc) is 3.79. The number of aliphatic hydroxyl groups is 3. The molecule has 2 aromatic rings. The number of aliphatic hydroxyl groups excluding tert-OH is 3. The number of aliphatic carboxylic acids is 1. The van der Waals surface area contributed by atoms with Gasteiger partial charge in [0.2, 0.25) is 47.3 Å². The summed E-state index contributed by atoms with van der Waals surface area (Å²) in [6.45, 7) is 5.05. The molecular weight excluding hydrogens is 875 g/mol. The Morgan fingerprint density at radius 3 is 1.67 bits per heavy atom. The predicted molar refractivity (Wildman–Crippen MR) is 241 cm³/mol. The van der Waals surface area contributed by atoms with Crippen molar-refractivity contribution in [3.8, 4) is 0 Å². The van der Waals surface area contributed by atoms with E-state index in [2.05, 4.69) is 31.9 Å². The van der Waals surface area contributed by atoms with Crippen molar-refractivity contribution in [1.29, 1.82) is 0 Å². The van der Waals surface area contributed by atoms with Crippen molar-refractivity contribution in [2.75, 3.05) is 13.2 Å². The fraction of sp³-hybridized carbons (Fsp3) is 0.533. The Balaban J connectivity index is 1.89. The number of primary amides is 1. The van der Waals surface area contributed by atoms with Gasteiger partial charge >= 0.3 is 5.97 Å². The van der Waals surface area contributed by atoms with Crippen molar-refractivity contribution < 1.29 is 63.6 Å². The minimum atomic E-state index is -1.70. The van der Waals surface area contributed by atoms with Gasteiger partial charge in [0, 0.05) is 25.8 Å². The van der Waals surface area contributed by atoms with E-state index in [9.17, 15) is 63.6 Å². The van der Waals surface area contributed by atoms with E-state index in [1.54, 1.807) is 74.5 Å². The summed E-state index contributed by atoms with van der Waals surface area (Å²) in [6.07, 6.45) is -3.13. The molecule has 11 atom stereocenters. The summed E-state index contributed by atoms with van der Waals surface area (Å²) >= 11 is 0. The number of carboxylic acid groups (broad SMARTS) is 1. The quantitative estimate of drug-likeness (QED) is 0.0444. The van der Waals surface area contributed by atoms with Crippen LogP contribution in [-0.2, 0) is 56.0 Å². The molecule has 67 heavy (non-hydrogen) atoms. The lowest BCUT2D eigenvalue weighted by Gasteiger charge is -2.32. The van der Waals surface area contributed by atoms with Crippen LogP contribution in [0, 0.1) is 5.92 Å². The number of hydrogen-bond donors (Lipinski definition) is 12. The highest BCUT2D eigenvalue weighted by Crippen LogP contribution is 2.21. The molecule has 0 aromatic heterocycles. The van der Waals surface area contributed by atoms with Crippen LogP contribution in [0.5, 0.6) is 0 Å². The highest BCUT2D eigenvalue weighted by Gasteiger charge is 2.41. The number of hydrogen-bond acceptors (Lipinski definition) is 13. The number of likely N-dealkylation sites (tertiary alicyclic amines) is 1. The van der Waals surface area contributed by atoms with Crippen LogP contribution >= 0.6 is 0 Å². The smallest absolute Gasteiger partial charge is 0.328 e. The number of nitrogens with two attached hydrogens (primary N) is 2. The Kier molecular flexibility index (Phi) is 21.8. The first-order chi connectivity index (χ1) is 31.7. The Bertz CT molecular complexity index is 2020. The lowest BCUT2D eigenvalue weighted by Crippen LogP contribution is -2.62. The molecule has 0 radical (unpaired) electrons. The molecule has 1 fully saturated rings. The number of carbonyl (C=O) groups excluding carboxylic acids is 8. The number of benzene rings is 2. The van der Waals surface area contributed by atoms with Gasteiger partial charge in [0.15, 0.2) is 6.04 Å². The Morgan fingerprint density at radius 1 is 0.672 bits per heavy atom. The fourth-order valence-electron chi connectivity index (χ4n) is 7.31.